The third kappa shape index (κ3) is 1.50. The number of carbonyl (C=O) groups excluding carboxylic acids is 1. The monoisotopic (exact) mass is 225 g/mol. The molecule has 1 saturated heterocycles. The van der Waals surface area contributed by atoms with Crippen LogP contribution in [-0.2, 0) is 4.74 Å². The minimum atomic E-state index is -0.400. The van der Waals surface area contributed by atoms with Crippen LogP contribution in [0, 0.1) is 0 Å². The lowest BCUT2D eigenvalue weighted by Crippen LogP contribution is -2.59. The summed E-state index contributed by atoms with van der Waals surface area (Å²) in [6.45, 7) is 6.63. The first kappa shape index (κ1) is 11.4. The van der Waals surface area contributed by atoms with Crippen molar-refractivity contribution in [3.8, 4) is 0 Å². The highest BCUT2D eigenvalue weighted by molar-refractivity contribution is 6.05. The maximum atomic E-state index is 11.7. The summed E-state index contributed by atoms with van der Waals surface area (Å²) in [5.41, 5.74) is 5.56. The Balaban J connectivity index is 2.34. The van der Waals surface area contributed by atoms with Crippen LogP contribution in [0.15, 0.2) is 4.99 Å². The topological polar surface area (TPSA) is 67.9 Å². The number of likely N-dealkylation sites (N-methyl/N-ethyl adjacent to an activating group) is 1. The molecular formula is C11H19N3O2. The first-order chi connectivity index (χ1) is 7.49. The van der Waals surface area contributed by atoms with Gasteiger partial charge >= 0.3 is 6.03 Å². The SMILES string of the molecule is CCN1C(=O)N=C(N)C12CC(C)OC(C)C2. The molecule has 2 atom stereocenters. The molecule has 5 heteroatoms. The number of hydrogen-bond acceptors (Lipinski definition) is 3. The van der Waals surface area contributed by atoms with Gasteiger partial charge in [-0.15, -0.1) is 0 Å². The smallest absolute Gasteiger partial charge is 0.346 e. The summed E-state index contributed by atoms with van der Waals surface area (Å²) in [5.74, 6) is 0.460. The number of rotatable bonds is 1. The fourth-order valence-electron chi connectivity index (χ4n) is 2.98. The van der Waals surface area contributed by atoms with Gasteiger partial charge in [0.1, 0.15) is 11.4 Å². The molecule has 2 rings (SSSR count). The summed E-state index contributed by atoms with van der Waals surface area (Å²) in [5, 5.41) is 0. The van der Waals surface area contributed by atoms with Crippen molar-refractivity contribution in [1.82, 2.24) is 4.90 Å². The molecule has 5 nitrogen and oxygen atoms in total. The Kier molecular flexibility index (Phi) is 2.66. The van der Waals surface area contributed by atoms with E-state index in [4.69, 9.17) is 10.5 Å². The Morgan fingerprint density at radius 2 is 2.06 bits per heavy atom. The molecule has 2 N–H and O–H groups in total. The molecule has 0 aromatic rings. The lowest BCUT2D eigenvalue weighted by molar-refractivity contribution is -0.0708. The number of hydrogen-bond donors (Lipinski definition) is 1. The largest absolute Gasteiger partial charge is 0.385 e. The van der Waals surface area contributed by atoms with Crippen molar-refractivity contribution in [2.45, 2.75) is 51.4 Å². The van der Waals surface area contributed by atoms with Gasteiger partial charge in [0.05, 0.1) is 12.2 Å². The van der Waals surface area contributed by atoms with E-state index in [1.165, 1.54) is 0 Å². The van der Waals surface area contributed by atoms with Gasteiger partial charge < -0.3 is 15.4 Å². The number of amidine groups is 1. The molecular weight excluding hydrogens is 206 g/mol. The van der Waals surface area contributed by atoms with E-state index in [1.807, 2.05) is 20.8 Å². The number of ether oxygens (including phenoxy) is 1. The molecule has 2 aliphatic rings. The average Bonchev–Trinajstić information content (AvgIpc) is 2.36. The normalized spacial score (nSPS) is 39.3. The predicted molar refractivity (Wildman–Crippen MR) is 61.4 cm³/mol. The third-order valence-electron chi connectivity index (χ3n) is 3.47. The Labute approximate surface area is 95.6 Å². The van der Waals surface area contributed by atoms with Gasteiger partial charge in [0.2, 0.25) is 0 Å². The van der Waals surface area contributed by atoms with Crippen LogP contribution in [0.3, 0.4) is 0 Å². The van der Waals surface area contributed by atoms with Crippen molar-refractivity contribution in [3.63, 3.8) is 0 Å². The summed E-state index contributed by atoms with van der Waals surface area (Å²) < 4.78 is 5.70. The van der Waals surface area contributed by atoms with E-state index in [-0.39, 0.29) is 18.2 Å². The molecule has 2 amide bonds. The zero-order valence-corrected chi connectivity index (χ0v) is 10.1. The first-order valence-corrected chi connectivity index (χ1v) is 5.81. The molecule has 0 aromatic heterocycles. The van der Waals surface area contributed by atoms with Crippen LogP contribution >= 0.6 is 0 Å². The van der Waals surface area contributed by atoms with Gasteiger partial charge in [0, 0.05) is 19.4 Å². The van der Waals surface area contributed by atoms with Gasteiger partial charge in [-0.1, -0.05) is 0 Å². The van der Waals surface area contributed by atoms with E-state index in [0.29, 0.717) is 12.4 Å². The number of nitrogens with zero attached hydrogens (tertiary/aromatic N) is 2. The van der Waals surface area contributed by atoms with Gasteiger partial charge in [-0.25, -0.2) is 4.79 Å². The van der Waals surface area contributed by atoms with Crippen LogP contribution in [0.5, 0.6) is 0 Å². The number of amides is 2. The van der Waals surface area contributed by atoms with Gasteiger partial charge in [-0.3, -0.25) is 0 Å². The Morgan fingerprint density at radius 3 is 2.56 bits per heavy atom. The maximum absolute atomic E-state index is 11.7. The Morgan fingerprint density at radius 1 is 1.50 bits per heavy atom. The van der Waals surface area contributed by atoms with E-state index in [9.17, 15) is 4.79 Å². The first-order valence-electron chi connectivity index (χ1n) is 5.81. The highest BCUT2D eigenvalue weighted by Crippen LogP contribution is 2.37. The van der Waals surface area contributed by atoms with Crippen LogP contribution in [0.2, 0.25) is 0 Å². The molecule has 0 saturated carbocycles. The molecule has 2 heterocycles. The van der Waals surface area contributed by atoms with Crippen molar-refractivity contribution >= 4 is 11.9 Å². The Bertz CT molecular complexity index is 330. The van der Waals surface area contributed by atoms with E-state index in [1.54, 1.807) is 4.90 Å². The highest BCUT2D eigenvalue weighted by atomic mass is 16.5. The van der Waals surface area contributed by atoms with Crippen LogP contribution in [-0.4, -0.2) is 41.1 Å². The third-order valence-corrected chi connectivity index (χ3v) is 3.47. The fraction of sp³-hybridized carbons (Fsp3) is 0.818. The minimum Gasteiger partial charge on any atom is -0.385 e. The van der Waals surface area contributed by atoms with Gasteiger partial charge in [0.25, 0.3) is 0 Å². The second-order valence-electron chi connectivity index (χ2n) is 4.72. The van der Waals surface area contributed by atoms with Gasteiger partial charge in [0.15, 0.2) is 0 Å². The fourth-order valence-corrected chi connectivity index (χ4v) is 2.98. The van der Waals surface area contributed by atoms with E-state index < -0.39 is 5.54 Å². The molecule has 16 heavy (non-hydrogen) atoms. The summed E-state index contributed by atoms with van der Waals surface area (Å²) in [6.07, 6.45) is 1.70. The standard InChI is InChI=1S/C11H19N3O2/c1-4-14-10(15)13-9(12)11(14)5-7(2)16-8(3)6-11/h7-8H,4-6H2,1-3H3,(H2,12,13,15). The molecule has 0 aromatic carbocycles. The van der Waals surface area contributed by atoms with Crippen LogP contribution in [0.1, 0.15) is 33.6 Å². The number of urea groups is 1. The van der Waals surface area contributed by atoms with Crippen molar-refractivity contribution in [1.29, 1.82) is 0 Å². The summed E-state index contributed by atoms with van der Waals surface area (Å²) >= 11 is 0. The molecule has 90 valence electrons. The van der Waals surface area contributed by atoms with Crippen LogP contribution in [0.25, 0.3) is 0 Å². The zero-order chi connectivity index (χ0) is 11.9. The van der Waals surface area contributed by atoms with Gasteiger partial charge in [-0.05, 0) is 20.8 Å². The molecule has 1 spiro atoms. The minimum absolute atomic E-state index is 0.109. The lowest BCUT2D eigenvalue weighted by Gasteiger charge is -2.45. The van der Waals surface area contributed by atoms with Gasteiger partial charge in [-0.2, -0.15) is 4.99 Å². The number of aliphatic imine (C=N–C) groups is 1. The second-order valence-corrected chi connectivity index (χ2v) is 4.72. The molecule has 2 aliphatic heterocycles. The summed E-state index contributed by atoms with van der Waals surface area (Å²) in [7, 11) is 0. The van der Waals surface area contributed by atoms with Crippen molar-refractivity contribution < 1.29 is 9.53 Å². The van der Waals surface area contributed by atoms with E-state index >= 15 is 0 Å². The van der Waals surface area contributed by atoms with E-state index in [2.05, 4.69) is 4.99 Å². The maximum Gasteiger partial charge on any atom is 0.346 e. The molecule has 2 unspecified atom stereocenters. The number of nitrogens with two attached hydrogens (primary N) is 1. The van der Waals surface area contributed by atoms with Crippen molar-refractivity contribution in [3.05, 3.63) is 0 Å². The second kappa shape index (κ2) is 3.73. The highest BCUT2D eigenvalue weighted by Gasteiger charge is 2.51. The van der Waals surface area contributed by atoms with E-state index in [0.717, 1.165) is 12.8 Å². The van der Waals surface area contributed by atoms with Crippen LogP contribution in [0.4, 0.5) is 4.79 Å². The summed E-state index contributed by atoms with van der Waals surface area (Å²) in [6, 6.07) is -0.207. The van der Waals surface area contributed by atoms with Crippen molar-refractivity contribution in [2.24, 2.45) is 10.7 Å². The van der Waals surface area contributed by atoms with Crippen molar-refractivity contribution in [2.75, 3.05) is 6.54 Å². The average molecular weight is 225 g/mol. The zero-order valence-electron chi connectivity index (χ0n) is 10.1. The lowest BCUT2D eigenvalue weighted by atomic mass is 9.82. The molecule has 0 bridgehead atoms. The molecule has 0 radical (unpaired) electrons. The molecule has 1 fully saturated rings. The quantitative estimate of drug-likeness (QED) is 0.727. The molecule has 0 aliphatic carbocycles. The Hall–Kier alpha value is -1.10. The summed E-state index contributed by atoms with van der Waals surface area (Å²) in [4.78, 5) is 17.4. The predicted octanol–water partition coefficient (Wildman–Crippen LogP) is 1.13. The number of carbonyl (C=O) groups is 1. The van der Waals surface area contributed by atoms with Crippen LogP contribution < -0.4 is 5.73 Å².